The van der Waals surface area contributed by atoms with Gasteiger partial charge in [0.25, 0.3) is 0 Å². The number of nitrogens with one attached hydrogen (secondary N) is 3. The lowest BCUT2D eigenvalue weighted by atomic mass is 10.1. The zero-order valence-corrected chi connectivity index (χ0v) is 16.1. The Balaban J connectivity index is 1.73. The molecule has 7 nitrogen and oxygen atoms in total. The molecule has 2 aromatic rings. The molecule has 0 saturated carbocycles. The fourth-order valence-corrected chi connectivity index (χ4v) is 3.43. The van der Waals surface area contributed by atoms with Crippen molar-refractivity contribution in [1.29, 1.82) is 0 Å². The van der Waals surface area contributed by atoms with Gasteiger partial charge in [-0.15, -0.1) is 0 Å². The molecule has 0 spiro atoms. The van der Waals surface area contributed by atoms with Crippen LogP contribution in [0, 0.1) is 13.8 Å². The summed E-state index contributed by atoms with van der Waals surface area (Å²) in [5.41, 5.74) is 2.86. The van der Waals surface area contributed by atoms with E-state index < -0.39 is 6.29 Å². The zero-order valence-electron chi connectivity index (χ0n) is 16.1. The lowest BCUT2D eigenvalue weighted by Gasteiger charge is -2.32. The summed E-state index contributed by atoms with van der Waals surface area (Å²) < 4.78 is 1.64. The molecule has 1 aliphatic heterocycles. The summed E-state index contributed by atoms with van der Waals surface area (Å²) >= 11 is 0. The maximum absolute atomic E-state index is 12.5. The molecule has 2 amide bonds. The molecule has 1 fully saturated rings. The first-order valence-electron chi connectivity index (χ1n) is 9.41. The molecule has 2 heterocycles. The van der Waals surface area contributed by atoms with Gasteiger partial charge in [-0.25, -0.2) is 4.68 Å². The second-order valence-corrected chi connectivity index (χ2v) is 7.16. The molecule has 3 N–H and O–H groups in total. The SMILES string of the molecule is CCCC1CC(=O)NC(n2nc(C)cc2NC(=O)Cc2cccc(C)c2)N1. The highest BCUT2D eigenvalue weighted by Crippen LogP contribution is 2.19. The fraction of sp³-hybridized carbons (Fsp3) is 0.450. The number of hydrogen-bond donors (Lipinski definition) is 3. The van der Waals surface area contributed by atoms with Crippen molar-refractivity contribution in [3.8, 4) is 0 Å². The molecular weight excluding hydrogens is 342 g/mol. The Hall–Kier alpha value is -2.67. The molecule has 7 heteroatoms. The summed E-state index contributed by atoms with van der Waals surface area (Å²) in [4.78, 5) is 24.6. The summed E-state index contributed by atoms with van der Waals surface area (Å²) in [7, 11) is 0. The third-order valence-electron chi connectivity index (χ3n) is 4.58. The number of amides is 2. The second kappa shape index (κ2) is 8.35. The van der Waals surface area contributed by atoms with Crippen LogP contribution in [0.2, 0.25) is 0 Å². The molecular formula is C20H27N5O2. The van der Waals surface area contributed by atoms with E-state index in [0.717, 1.165) is 29.7 Å². The van der Waals surface area contributed by atoms with E-state index in [9.17, 15) is 9.59 Å². The highest BCUT2D eigenvalue weighted by molar-refractivity contribution is 5.91. The quantitative estimate of drug-likeness (QED) is 0.730. The van der Waals surface area contributed by atoms with Crippen LogP contribution in [-0.4, -0.2) is 27.6 Å². The summed E-state index contributed by atoms with van der Waals surface area (Å²) in [5, 5.41) is 13.7. The Morgan fingerprint density at radius 3 is 2.89 bits per heavy atom. The number of rotatable bonds is 6. The summed E-state index contributed by atoms with van der Waals surface area (Å²) in [6, 6.07) is 9.80. The lowest BCUT2D eigenvalue weighted by molar-refractivity contribution is -0.125. The molecule has 0 radical (unpaired) electrons. The number of benzene rings is 1. The van der Waals surface area contributed by atoms with E-state index in [1.165, 1.54) is 0 Å². The number of carbonyl (C=O) groups excluding carboxylic acids is 2. The minimum Gasteiger partial charge on any atom is -0.322 e. The molecule has 1 aliphatic rings. The van der Waals surface area contributed by atoms with Crippen LogP contribution in [0.5, 0.6) is 0 Å². The van der Waals surface area contributed by atoms with Crippen LogP contribution in [0.1, 0.15) is 49.3 Å². The van der Waals surface area contributed by atoms with Crippen LogP contribution in [0.25, 0.3) is 0 Å². The van der Waals surface area contributed by atoms with Gasteiger partial charge in [0, 0.05) is 18.5 Å². The van der Waals surface area contributed by atoms with Crippen LogP contribution < -0.4 is 16.0 Å². The van der Waals surface area contributed by atoms with E-state index >= 15 is 0 Å². The largest absolute Gasteiger partial charge is 0.322 e. The van der Waals surface area contributed by atoms with Gasteiger partial charge in [0.1, 0.15) is 5.82 Å². The average molecular weight is 369 g/mol. The molecule has 1 saturated heterocycles. The third kappa shape index (κ3) is 4.95. The van der Waals surface area contributed by atoms with E-state index in [0.29, 0.717) is 12.2 Å². The Morgan fingerprint density at radius 2 is 2.15 bits per heavy atom. The van der Waals surface area contributed by atoms with Gasteiger partial charge in [0.15, 0.2) is 6.29 Å². The molecule has 3 rings (SSSR count). The minimum absolute atomic E-state index is 0.0117. The standard InChI is InChI=1S/C20H27N5O2/c1-4-6-16-12-19(27)23-20(21-16)25-17(10-14(3)24-25)22-18(26)11-15-8-5-7-13(2)9-15/h5,7-10,16,20-21H,4,6,11-12H2,1-3H3,(H,22,26)(H,23,27). The number of anilines is 1. The van der Waals surface area contributed by atoms with E-state index in [2.05, 4.69) is 28.0 Å². The fourth-order valence-electron chi connectivity index (χ4n) is 3.43. The average Bonchev–Trinajstić information content (AvgIpc) is 2.95. The molecule has 1 aromatic carbocycles. The van der Waals surface area contributed by atoms with Crippen LogP contribution in [0.15, 0.2) is 30.3 Å². The monoisotopic (exact) mass is 369 g/mol. The number of carbonyl (C=O) groups is 2. The highest BCUT2D eigenvalue weighted by Gasteiger charge is 2.28. The molecule has 1 aromatic heterocycles. The van der Waals surface area contributed by atoms with Crippen molar-refractivity contribution in [3.05, 3.63) is 47.2 Å². The Labute approximate surface area is 159 Å². The smallest absolute Gasteiger partial charge is 0.229 e. The van der Waals surface area contributed by atoms with Gasteiger partial charge in [-0.2, -0.15) is 5.10 Å². The molecule has 2 atom stereocenters. The van der Waals surface area contributed by atoms with Crippen molar-refractivity contribution in [1.82, 2.24) is 20.4 Å². The van der Waals surface area contributed by atoms with Crippen LogP contribution >= 0.6 is 0 Å². The number of aryl methyl sites for hydroxylation is 2. The van der Waals surface area contributed by atoms with Gasteiger partial charge in [0.05, 0.1) is 12.1 Å². The lowest BCUT2D eigenvalue weighted by Crippen LogP contribution is -2.53. The normalized spacial score (nSPS) is 19.6. The summed E-state index contributed by atoms with van der Waals surface area (Å²) in [5.74, 6) is 0.441. The van der Waals surface area contributed by atoms with Crippen molar-refractivity contribution < 1.29 is 9.59 Å². The Morgan fingerprint density at radius 1 is 1.33 bits per heavy atom. The van der Waals surface area contributed by atoms with Crippen molar-refractivity contribution in [2.75, 3.05) is 5.32 Å². The number of hydrogen-bond acceptors (Lipinski definition) is 4. The topological polar surface area (TPSA) is 88.1 Å². The van der Waals surface area contributed by atoms with Crippen molar-refractivity contribution in [3.63, 3.8) is 0 Å². The van der Waals surface area contributed by atoms with E-state index in [-0.39, 0.29) is 24.3 Å². The molecule has 144 valence electrons. The molecule has 27 heavy (non-hydrogen) atoms. The van der Waals surface area contributed by atoms with E-state index in [4.69, 9.17) is 0 Å². The first-order valence-corrected chi connectivity index (χ1v) is 9.41. The first-order chi connectivity index (χ1) is 12.9. The van der Waals surface area contributed by atoms with Crippen LogP contribution in [-0.2, 0) is 16.0 Å². The Bertz CT molecular complexity index is 830. The van der Waals surface area contributed by atoms with Gasteiger partial charge in [-0.3, -0.25) is 14.9 Å². The second-order valence-electron chi connectivity index (χ2n) is 7.16. The van der Waals surface area contributed by atoms with E-state index in [1.807, 2.05) is 44.2 Å². The van der Waals surface area contributed by atoms with E-state index in [1.54, 1.807) is 4.68 Å². The van der Waals surface area contributed by atoms with Crippen LogP contribution in [0.3, 0.4) is 0 Å². The summed E-state index contributed by atoms with van der Waals surface area (Å²) in [6.07, 6.45) is 2.19. The molecule has 0 bridgehead atoms. The number of nitrogens with zero attached hydrogens (tertiary/aromatic N) is 2. The predicted octanol–water partition coefficient (Wildman–Crippen LogP) is 2.42. The van der Waals surface area contributed by atoms with Crippen molar-refractivity contribution in [2.45, 2.75) is 58.8 Å². The first kappa shape index (κ1) is 19.1. The maximum atomic E-state index is 12.5. The van der Waals surface area contributed by atoms with Gasteiger partial charge in [-0.05, 0) is 25.8 Å². The van der Waals surface area contributed by atoms with Gasteiger partial charge in [0.2, 0.25) is 11.8 Å². The third-order valence-corrected chi connectivity index (χ3v) is 4.58. The van der Waals surface area contributed by atoms with Crippen molar-refractivity contribution >= 4 is 17.6 Å². The van der Waals surface area contributed by atoms with Crippen LogP contribution in [0.4, 0.5) is 5.82 Å². The molecule has 0 aliphatic carbocycles. The zero-order chi connectivity index (χ0) is 19.4. The van der Waals surface area contributed by atoms with Crippen molar-refractivity contribution in [2.24, 2.45) is 0 Å². The maximum Gasteiger partial charge on any atom is 0.229 e. The Kier molecular flexibility index (Phi) is 5.91. The number of aromatic nitrogens is 2. The van der Waals surface area contributed by atoms with Gasteiger partial charge in [-0.1, -0.05) is 43.2 Å². The van der Waals surface area contributed by atoms with Gasteiger partial charge < -0.3 is 10.6 Å². The highest BCUT2D eigenvalue weighted by atomic mass is 16.2. The molecule has 2 unspecified atom stereocenters. The predicted molar refractivity (Wildman–Crippen MR) is 104 cm³/mol. The summed E-state index contributed by atoms with van der Waals surface area (Å²) in [6.45, 7) is 5.96. The van der Waals surface area contributed by atoms with Gasteiger partial charge >= 0.3 is 0 Å². The minimum atomic E-state index is -0.467.